The maximum Gasteiger partial charge on any atom is 0.335 e. The van der Waals surface area contributed by atoms with Crippen LogP contribution in [0, 0.1) is 0 Å². The summed E-state index contributed by atoms with van der Waals surface area (Å²) in [6, 6.07) is 0. The van der Waals surface area contributed by atoms with Gasteiger partial charge in [-0.3, -0.25) is 14.4 Å². The third-order valence-corrected chi connectivity index (χ3v) is 12.9. The van der Waals surface area contributed by atoms with Gasteiger partial charge in [0.2, 0.25) is 0 Å². The Hall–Kier alpha value is -4.10. The van der Waals surface area contributed by atoms with Gasteiger partial charge in [0.15, 0.2) is 24.6 Å². The highest BCUT2D eigenvalue weighted by Gasteiger charge is 2.50. The molecule has 6 atom stereocenters. The van der Waals surface area contributed by atoms with Crippen LogP contribution in [0.15, 0.2) is 85.1 Å². The zero-order chi connectivity index (χ0) is 54.7. The minimum atomic E-state index is -1.91. The fourth-order valence-corrected chi connectivity index (χ4v) is 8.37. The SMILES string of the molecule is CC/C=C\C/C=C\C/C=C\C/C=C\C/C=C\CCCCCC(=O)OCC(COC1OC(C(=O)O)C(O)C(O)C1OC(=O)CCCCCCC/C=C\CCCCCCCC)OC(=O)CCCCCCC/C=C\CCCC. The minimum absolute atomic E-state index is 0.0439. The molecule has 1 aliphatic heterocycles. The highest BCUT2D eigenvalue weighted by molar-refractivity contribution is 5.74. The van der Waals surface area contributed by atoms with E-state index in [1.165, 1.54) is 51.4 Å². The number of aliphatic hydroxyl groups excluding tert-OH is 2. The minimum Gasteiger partial charge on any atom is -0.479 e. The lowest BCUT2D eigenvalue weighted by molar-refractivity contribution is -0.301. The third kappa shape index (κ3) is 40.8. The van der Waals surface area contributed by atoms with Gasteiger partial charge in [-0.15, -0.1) is 0 Å². The average molecular weight is 1050 g/mol. The van der Waals surface area contributed by atoms with Crippen molar-refractivity contribution in [2.45, 2.75) is 276 Å². The molecule has 3 N–H and O–H groups in total. The van der Waals surface area contributed by atoms with Gasteiger partial charge < -0.3 is 39.0 Å². The maximum atomic E-state index is 13.1. The number of hydrogen-bond donors (Lipinski definition) is 3. The predicted molar refractivity (Wildman–Crippen MR) is 303 cm³/mol. The van der Waals surface area contributed by atoms with Crippen LogP contribution in [0.4, 0.5) is 0 Å². The summed E-state index contributed by atoms with van der Waals surface area (Å²) in [5, 5.41) is 31.5. The summed E-state index contributed by atoms with van der Waals surface area (Å²) < 4.78 is 28.4. The van der Waals surface area contributed by atoms with E-state index in [-0.39, 0.29) is 25.9 Å². The number of aliphatic hydroxyl groups is 2. The van der Waals surface area contributed by atoms with E-state index >= 15 is 0 Å². The Morgan fingerprint density at radius 2 is 0.853 bits per heavy atom. The first-order valence-corrected chi connectivity index (χ1v) is 29.6. The Kier molecular flexibility index (Phi) is 46.6. The summed E-state index contributed by atoms with van der Waals surface area (Å²) in [7, 11) is 0. The molecule has 0 saturated carbocycles. The summed E-state index contributed by atoms with van der Waals surface area (Å²) in [5.41, 5.74) is 0. The monoisotopic (exact) mass is 1050 g/mol. The molecule has 428 valence electrons. The van der Waals surface area contributed by atoms with Crippen molar-refractivity contribution >= 4 is 23.9 Å². The molecule has 0 spiro atoms. The molecule has 0 aromatic carbocycles. The van der Waals surface area contributed by atoms with Crippen LogP contribution in [-0.4, -0.2) is 89.2 Å². The molecule has 0 aromatic rings. The van der Waals surface area contributed by atoms with Crippen molar-refractivity contribution < 1.29 is 58.2 Å². The highest BCUT2D eigenvalue weighted by Crippen LogP contribution is 2.26. The van der Waals surface area contributed by atoms with E-state index in [0.29, 0.717) is 19.3 Å². The number of carbonyl (C=O) groups excluding carboxylic acids is 3. The van der Waals surface area contributed by atoms with Crippen molar-refractivity contribution in [2.75, 3.05) is 13.2 Å². The molecule has 0 amide bonds. The van der Waals surface area contributed by atoms with Crippen LogP contribution in [0.25, 0.3) is 0 Å². The van der Waals surface area contributed by atoms with Crippen molar-refractivity contribution in [3.05, 3.63) is 85.1 Å². The van der Waals surface area contributed by atoms with Gasteiger partial charge in [0.1, 0.15) is 18.8 Å². The van der Waals surface area contributed by atoms with Gasteiger partial charge in [-0.1, -0.05) is 196 Å². The van der Waals surface area contributed by atoms with E-state index in [1.54, 1.807) is 0 Å². The number of esters is 3. The molecule has 1 rings (SSSR count). The largest absolute Gasteiger partial charge is 0.479 e. The lowest BCUT2D eigenvalue weighted by Gasteiger charge is -2.40. The molecular formula is C63H104O12. The Labute approximate surface area is 454 Å². The Bertz CT molecular complexity index is 1630. The molecule has 12 heteroatoms. The summed E-state index contributed by atoms with van der Waals surface area (Å²) in [4.78, 5) is 51.1. The normalized spacial score (nSPS) is 18.8. The molecule has 1 heterocycles. The fraction of sp³-hybridized carbons (Fsp3) is 0.714. The number of unbranched alkanes of at least 4 members (excludes halogenated alkanes) is 21. The van der Waals surface area contributed by atoms with Gasteiger partial charge in [-0.25, -0.2) is 4.79 Å². The maximum absolute atomic E-state index is 13.1. The Morgan fingerprint density at radius 1 is 0.453 bits per heavy atom. The lowest BCUT2D eigenvalue weighted by Crippen LogP contribution is -2.61. The van der Waals surface area contributed by atoms with Crippen LogP contribution in [0.1, 0.15) is 239 Å². The van der Waals surface area contributed by atoms with Gasteiger partial charge in [0.25, 0.3) is 0 Å². The number of carboxylic acids is 1. The van der Waals surface area contributed by atoms with Crippen LogP contribution in [0.5, 0.6) is 0 Å². The molecule has 6 unspecified atom stereocenters. The topological polar surface area (TPSA) is 175 Å². The fourth-order valence-electron chi connectivity index (χ4n) is 8.37. The van der Waals surface area contributed by atoms with Crippen LogP contribution >= 0.6 is 0 Å². The second-order valence-electron chi connectivity index (χ2n) is 19.9. The molecule has 0 bridgehead atoms. The average Bonchev–Trinajstić information content (AvgIpc) is 3.39. The molecular weight excluding hydrogens is 949 g/mol. The quantitative estimate of drug-likeness (QED) is 0.0228. The van der Waals surface area contributed by atoms with Crippen LogP contribution in [0.3, 0.4) is 0 Å². The van der Waals surface area contributed by atoms with Gasteiger partial charge in [-0.05, 0) is 109 Å². The van der Waals surface area contributed by atoms with Crippen molar-refractivity contribution in [3.63, 3.8) is 0 Å². The van der Waals surface area contributed by atoms with E-state index in [4.69, 9.17) is 23.7 Å². The summed E-state index contributed by atoms with van der Waals surface area (Å²) in [5.74, 6) is -3.19. The zero-order valence-corrected chi connectivity index (χ0v) is 47.0. The number of allylic oxidation sites excluding steroid dienone is 14. The molecule has 0 aromatic heterocycles. The standard InChI is InChI=1S/C63H104O12/c1-4-7-10-13-16-19-22-24-26-27-28-29-31-32-35-37-40-43-46-49-55(64)71-52-54(73-56(65)50-47-44-41-38-34-21-18-15-12-9-6-3)53-72-63-61(59(68)58(67)60(75-63)62(69)70)74-57(66)51-48-45-42-39-36-33-30-25-23-20-17-14-11-8-5-2/h7,10,15-16,18-19,24-26,28-30,32,35,54,58-61,63,67-68H,4-6,8-9,11-14,17,20-23,27,31,33-34,36-53H2,1-3H3,(H,69,70)/b10-7-,18-15-,19-16-,26-24-,29-28-,30-25-,35-32-. The molecule has 12 nitrogen and oxygen atoms in total. The van der Waals surface area contributed by atoms with E-state index < -0.39 is 67.3 Å². The van der Waals surface area contributed by atoms with Gasteiger partial charge in [-0.2, -0.15) is 0 Å². The number of aliphatic carboxylic acids is 1. The van der Waals surface area contributed by atoms with E-state index in [0.717, 1.165) is 128 Å². The van der Waals surface area contributed by atoms with Crippen LogP contribution in [-0.2, 0) is 42.9 Å². The van der Waals surface area contributed by atoms with Crippen molar-refractivity contribution in [1.29, 1.82) is 0 Å². The molecule has 1 fully saturated rings. The van der Waals surface area contributed by atoms with Crippen molar-refractivity contribution in [1.82, 2.24) is 0 Å². The first-order chi connectivity index (χ1) is 36.6. The smallest absolute Gasteiger partial charge is 0.335 e. The van der Waals surface area contributed by atoms with Gasteiger partial charge in [0.05, 0.1) is 6.61 Å². The number of hydrogen-bond acceptors (Lipinski definition) is 11. The second kappa shape index (κ2) is 50.7. The number of carbonyl (C=O) groups is 4. The molecule has 75 heavy (non-hydrogen) atoms. The van der Waals surface area contributed by atoms with Crippen LogP contribution in [0.2, 0.25) is 0 Å². The Balaban J connectivity index is 2.70. The first kappa shape index (κ1) is 68.9. The summed E-state index contributed by atoms with van der Waals surface area (Å²) >= 11 is 0. The highest BCUT2D eigenvalue weighted by atomic mass is 16.7. The van der Waals surface area contributed by atoms with Gasteiger partial charge in [0, 0.05) is 19.3 Å². The molecule has 0 aliphatic carbocycles. The van der Waals surface area contributed by atoms with E-state index in [2.05, 4.69) is 106 Å². The zero-order valence-electron chi connectivity index (χ0n) is 47.0. The van der Waals surface area contributed by atoms with Crippen LogP contribution < -0.4 is 0 Å². The van der Waals surface area contributed by atoms with E-state index in [1.807, 2.05) is 0 Å². The van der Waals surface area contributed by atoms with Crippen molar-refractivity contribution in [3.8, 4) is 0 Å². The number of ether oxygens (including phenoxy) is 5. The van der Waals surface area contributed by atoms with E-state index in [9.17, 15) is 34.5 Å². The number of carboxylic acid groups (broad SMARTS) is 1. The third-order valence-electron chi connectivity index (χ3n) is 12.9. The first-order valence-electron chi connectivity index (χ1n) is 29.6. The second-order valence-corrected chi connectivity index (χ2v) is 19.9. The lowest BCUT2D eigenvalue weighted by atomic mass is 9.98. The molecule has 0 radical (unpaired) electrons. The molecule has 1 aliphatic rings. The van der Waals surface area contributed by atoms with Gasteiger partial charge >= 0.3 is 23.9 Å². The number of rotatable bonds is 49. The predicted octanol–water partition coefficient (Wildman–Crippen LogP) is 15.1. The molecule has 1 saturated heterocycles. The summed E-state index contributed by atoms with van der Waals surface area (Å²) in [6.07, 6.45) is 52.7. The summed E-state index contributed by atoms with van der Waals surface area (Å²) in [6.45, 7) is 5.79. The Morgan fingerprint density at radius 3 is 1.35 bits per heavy atom. The van der Waals surface area contributed by atoms with Crippen molar-refractivity contribution in [2.24, 2.45) is 0 Å².